The van der Waals surface area contributed by atoms with Crippen molar-refractivity contribution >= 4 is 5.57 Å². The minimum absolute atomic E-state index is 0.210. The minimum Gasteiger partial charge on any atom is -0.507 e. The maximum Gasteiger partial charge on any atom is 0.123 e. The lowest BCUT2D eigenvalue weighted by Gasteiger charge is -2.08. The number of nitrogens with zero attached hydrogens (tertiary/aromatic N) is 1. The largest absolute Gasteiger partial charge is 0.507 e. The molecule has 2 aromatic carbocycles. The molecule has 0 aliphatic heterocycles. The van der Waals surface area contributed by atoms with Gasteiger partial charge in [-0.05, 0) is 29.3 Å². The van der Waals surface area contributed by atoms with Gasteiger partial charge in [-0.1, -0.05) is 36.9 Å². The summed E-state index contributed by atoms with van der Waals surface area (Å²) in [5.74, 6) is 0.210. The van der Waals surface area contributed by atoms with E-state index in [2.05, 4.69) is 12.6 Å². The van der Waals surface area contributed by atoms with Crippen molar-refractivity contribution in [2.24, 2.45) is 0 Å². The lowest BCUT2D eigenvalue weighted by atomic mass is 9.98. The minimum atomic E-state index is 0.210. The first kappa shape index (κ1) is 11.0. The predicted molar refractivity (Wildman–Crippen MR) is 67.4 cm³/mol. The quantitative estimate of drug-likeness (QED) is 0.845. The summed E-state index contributed by atoms with van der Waals surface area (Å²) in [4.78, 5) is 0. The topological polar surface area (TPSA) is 44.0 Å². The van der Waals surface area contributed by atoms with Crippen molar-refractivity contribution in [1.82, 2.24) is 0 Å². The van der Waals surface area contributed by atoms with Crippen LogP contribution in [0.5, 0.6) is 5.75 Å². The third kappa shape index (κ3) is 2.19. The first-order valence-corrected chi connectivity index (χ1v) is 5.20. The summed E-state index contributed by atoms with van der Waals surface area (Å²) in [7, 11) is 0. The van der Waals surface area contributed by atoms with Gasteiger partial charge in [0, 0.05) is 5.56 Å². The highest BCUT2D eigenvalue weighted by Gasteiger charge is 2.06. The standard InChI is InChI=1S/C15H11NO/c1-11(14-4-2-3-5-15(14)17)13-8-6-12(10-16)7-9-13/h2-9,17H,1H2. The average Bonchev–Trinajstić information content (AvgIpc) is 2.39. The van der Waals surface area contributed by atoms with Crippen LogP contribution in [0.3, 0.4) is 0 Å². The van der Waals surface area contributed by atoms with Crippen LogP contribution >= 0.6 is 0 Å². The van der Waals surface area contributed by atoms with Crippen molar-refractivity contribution in [3.63, 3.8) is 0 Å². The van der Waals surface area contributed by atoms with Crippen LogP contribution in [0.4, 0.5) is 0 Å². The Hall–Kier alpha value is -2.53. The number of hydrogen-bond acceptors (Lipinski definition) is 2. The van der Waals surface area contributed by atoms with Gasteiger partial charge in [0.1, 0.15) is 5.75 Å². The van der Waals surface area contributed by atoms with E-state index in [1.807, 2.05) is 24.3 Å². The van der Waals surface area contributed by atoms with Crippen LogP contribution in [0.1, 0.15) is 16.7 Å². The van der Waals surface area contributed by atoms with Crippen LogP contribution in [0.15, 0.2) is 55.1 Å². The first-order chi connectivity index (χ1) is 8.22. The van der Waals surface area contributed by atoms with E-state index in [9.17, 15) is 5.11 Å². The second kappa shape index (κ2) is 4.54. The van der Waals surface area contributed by atoms with Gasteiger partial charge in [0.25, 0.3) is 0 Å². The van der Waals surface area contributed by atoms with E-state index >= 15 is 0 Å². The zero-order valence-corrected chi connectivity index (χ0v) is 9.22. The summed E-state index contributed by atoms with van der Waals surface area (Å²) in [6.07, 6.45) is 0. The molecule has 0 aliphatic carbocycles. The normalized spacial score (nSPS) is 9.59. The number of rotatable bonds is 2. The lowest BCUT2D eigenvalue weighted by molar-refractivity contribution is 0.473. The molecule has 0 radical (unpaired) electrons. The van der Waals surface area contributed by atoms with E-state index in [-0.39, 0.29) is 5.75 Å². The molecule has 17 heavy (non-hydrogen) atoms. The van der Waals surface area contributed by atoms with E-state index in [0.717, 1.165) is 11.1 Å². The molecular weight excluding hydrogens is 210 g/mol. The van der Waals surface area contributed by atoms with Gasteiger partial charge < -0.3 is 5.11 Å². The number of hydrogen-bond donors (Lipinski definition) is 1. The molecule has 82 valence electrons. The molecule has 0 aromatic heterocycles. The molecule has 0 fully saturated rings. The summed E-state index contributed by atoms with van der Waals surface area (Å²) in [5.41, 5.74) is 2.95. The Morgan fingerprint density at radius 1 is 1.06 bits per heavy atom. The highest BCUT2D eigenvalue weighted by atomic mass is 16.3. The van der Waals surface area contributed by atoms with Gasteiger partial charge in [0.2, 0.25) is 0 Å². The van der Waals surface area contributed by atoms with E-state index in [1.165, 1.54) is 0 Å². The maximum atomic E-state index is 9.73. The molecule has 0 spiro atoms. The van der Waals surface area contributed by atoms with Crippen LogP contribution < -0.4 is 0 Å². The Kier molecular flexibility index (Phi) is 2.93. The maximum absolute atomic E-state index is 9.73. The molecule has 0 bridgehead atoms. The Labute approximate surface area is 100 Å². The van der Waals surface area contributed by atoms with Gasteiger partial charge in [0.15, 0.2) is 0 Å². The van der Waals surface area contributed by atoms with Crippen molar-refractivity contribution in [1.29, 1.82) is 5.26 Å². The summed E-state index contributed by atoms with van der Waals surface area (Å²) < 4.78 is 0. The molecule has 2 rings (SSSR count). The van der Waals surface area contributed by atoms with Gasteiger partial charge in [-0.3, -0.25) is 0 Å². The molecule has 1 N–H and O–H groups in total. The molecule has 0 unspecified atom stereocenters. The van der Waals surface area contributed by atoms with Crippen molar-refractivity contribution in [2.75, 3.05) is 0 Å². The first-order valence-electron chi connectivity index (χ1n) is 5.20. The Morgan fingerprint density at radius 3 is 2.29 bits per heavy atom. The van der Waals surface area contributed by atoms with Gasteiger partial charge in [-0.25, -0.2) is 0 Å². The monoisotopic (exact) mass is 221 g/mol. The Balaban J connectivity index is 2.38. The number of phenolic OH excluding ortho intramolecular Hbond substituents is 1. The second-order valence-electron chi connectivity index (χ2n) is 3.68. The molecule has 2 nitrogen and oxygen atoms in total. The van der Waals surface area contributed by atoms with Crippen molar-refractivity contribution in [2.45, 2.75) is 0 Å². The van der Waals surface area contributed by atoms with Gasteiger partial charge in [-0.15, -0.1) is 0 Å². The lowest BCUT2D eigenvalue weighted by Crippen LogP contribution is -1.87. The third-order valence-corrected chi connectivity index (χ3v) is 2.59. The van der Waals surface area contributed by atoms with Crippen molar-refractivity contribution in [3.8, 4) is 11.8 Å². The van der Waals surface area contributed by atoms with Gasteiger partial charge in [-0.2, -0.15) is 5.26 Å². The summed E-state index contributed by atoms with van der Waals surface area (Å²) in [6, 6.07) is 16.3. The number of aromatic hydroxyl groups is 1. The van der Waals surface area contributed by atoms with Gasteiger partial charge >= 0.3 is 0 Å². The number of para-hydroxylation sites is 1. The third-order valence-electron chi connectivity index (χ3n) is 2.59. The zero-order valence-electron chi connectivity index (χ0n) is 9.22. The van der Waals surface area contributed by atoms with Crippen LogP contribution in [0.25, 0.3) is 5.57 Å². The highest BCUT2D eigenvalue weighted by molar-refractivity contribution is 5.81. The van der Waals surface area contributed by atoms with Crippen LogP contribution in [-0.2, 0) is 0 Å². The fraction of sp³-hybridized carbons (Fsp3) is 0. The van der Waals surface area contributed by atoms with E-state index < -0.39 is 0 Å². The molecule has 0 aliphatic rings. The van der Waals surface area contributed by atoms with Crippen molar-refractivity contribution in [3.05, 3.63) is 71.8 Å². The fourth-order valence-electron chi connectivity index (χ4n) is 1.63. The fourth-order valence-corrected chi connectivity index (χ4v) is 1.63. The molecule has 0 saturated heterocycles. The number of phenols is 1. The smallest absolute Gasteiger partial charge is 0.123 e. The highest BCUT2D eigenvalue weighted by Crippen LogP contribution is 2.28. The average molecular weight is 221 g/mol. The molecule has 0 heterocycles. The van der Waals surface area contributed by atoms with E-state index in [4.69, 9.17) is 5.26 Å². The molecular formula is C15H11NO. The SMILES string of the molecule is C=C(c1ccc(C#N)cc1)c1ccccc1O. The van der Waals surface area contributed by atoms with E-state index in [0.29, 0.717) is 11.1 Å². The summed E-state index contributed by atoms with van der Waals surface area (Å²) >= 11 is 0. The summed E-state index contributed by atoms with van der Waals surface area (Å²) in [5, 5.41) is 18.4. The molecule has 0 atom stereocenters. The number of nitriles is 1. The number of benzene rings is 2. The van der Waals surface area contributed by atoms with Crippen LogP contribution in [-0.4, -0.2) is 5.11 Å². The summed E-state index contributed by atoms with van der Waals surface area (Å²) in [6.45, 7) is 3.97. The van der Waals surface area contributed by atoms with Gasteiger partial charge in [0.05, 0.1) is 11.6 Å². The Morgan fingerprint density at radius 2 is 1.71 bits per heavy atom. The predicted octanol–water partition coefficient (Wildman–Crippen LogP) is 3.33. The zero-order chi connectivity index (χ0) is 12.3. The molecule has 2 aromatic rings. The van der Waals surface area contributed by atoms with Crippen LogP contribution in [0, 0.1) is 11.3 Å². The molecule has 0 saturated carbocycles. The Bertz CT molecular complexity index is 591. The van der Waals surface area contributed by atoms with E-state index in [1.54, 1.807) is 24.3 Å². The second-order valence-corrected chi connectivity index (χ2v) is 3.68. The van der Waals surface area contributed by atoms with Crippen LogP contribution in [0.2, 0.25) is 0 Å². The van der Waals surface area contributed by atoms with Crippen molar-refractivity contribution < 1.29 is 5.11 Å². The molecule has 0 amide bonds. The molecule has 2 heteroatoms.